The molecule has 0 bridgehead atoms. The van der Waals surface area contributed by atoms with E-state index < -0.39 is 0 Å². The van der Waals surface area contributed by atoms with Gasteiger partial charge in [-0.2, -0.15) is 4.98 Å². The van der Waals surface area contributed by atoms with Gasteiger partial charge in [0.15, 0.2) is 0 Å². The average molecular weight is 289 g/mol. The van der Waals surface area contributed by atoms with Gasteiger partial charge in [-0.1, -0.05) is 19.0 Å². The van der Waals surface area contributed by atoms with E-state index in [2.05, 4.69) is 53.6 Å². The molecule has 2 atom stereocenters. The number of rotatable bonds is 4. The van der Waals surface area contributed by atoms with Crippen LogP contribution in [0.15, 0.2) is 33.7 Å². The molecule has 0 spiro atoms. The summed E-state index contributed by atoms with van der Waals surface area (Å²) >= 11 is 1.83. The second-order valence-electron chi connectivity index (χ2n) is 5.11. The summed E-state index contributed by atoms with van der Waals surface area (Å²) in [5.74, 6) is 3.01. The summed E-state index contributed by atoms with van der Waals surface area (Å²) in [6.45, 7) is 5.39. The van der Waals surface area contributed by atoms with Gasteiger partial charge in [0.25, 0.3) is 0 Å². The second-order valence-corrected chi connectivity index (χ2v) is 6.45. The fraction of sp³-hybridized carbons (Fsp3) is 0.467. The molecule has 1 aliphatic rings. The van der Waals surface area contributed by atoms with Crippen LogP contribution in [-0.2, 0) is 0 Å². The molecule has 1 aliphatic heterocycles. The maximum absolute atomic E-state index is 5.42. The van der Waals surface area contributed by atoms with Gasteiger partial charge < -0.3 is 9.84 Å². The molecular weight excluding hydrogens is 270 g/mol. The van der Waals surface area contributed by atoms with Crippen LogP contribution in [0, 0.1) is 5.92 Å². The third-order valence-electron chi connectivity index (χ3n) is 3.66. The number of hydrogen-bond acceptors (Lipinski definition) is 5. The summed E-state index contributed by atoms with van der Waals surface area (Å²) in [7, 11) is 0. The van der Waals surface area contributed by atoms with E-state index in [1.807, 2.05) is 11.8 Å². The highest BCUT2D eigenvalue weighted by atomic mass is 32.2. The van der Waals surface area contributed by atoms with E-state index in [4.69, 9.17) is 4.52 Å². The van der Waals surface area contributed by atoms with Crippen molar-refractivity contribution in [2.75, 3.05) is 12.3 Å². The monoisotopic (exact) mass is 289 g/mol. The molecule has 106 valence electrons. The molecule has 3 rings (SSSR count). The molecule has 1 fully saturated rings. The van der Waals surface area contributed by atoms with E-state index in [-0.39, 0.29) is 6.04 Å². The number of nitrogens with one attached hydrogen (secondary N) is 1. The molecule has 2 aromatic rings. The van der Waals surface area contributed by atoms with Gasteiger partial charge in [0, 0.05) is 10.5 Å². The number of nitrogens with zero attached hydrogens (tertiary/aromatic N) is 2. The van der Waals surface area contributed by atoms with Crippen LogP contribution in [0.2, 0.25) is 0 Å². The normalized spacial score (nSPS) is 22.3. The van der Waals surface area contributed by atoms with Crippen molar-refractivity contribution >= 4 is 11.8 Å². The van der Waals surface area contributed by atoms with Crippen molar-refractivity contribution in [3.8, 4) is 11.4 Å². The van der Waals surface area contributed by atoms with Crippen molar-refractivity contribution in [3.05, 3.63) is 30.2 Å². The molecule has 1 aromatic carbocycles. The Bertz CT molecular complexity index is 567. The van der Waals surface area contributed by atoms with E-state index in [9.17, 15) is 0 Å². The summed E-state index contributed by atoms with van der Waals surface area (Å²) in [5.41, 5.74) is 1.01. The zero-order chi connectivity index (χ0) is 13.9. The predicted molar refractivity (Wildman–Crippen MR) is 80.7 cm³/mol. The van der Waals surface area contributed by atoms with Crippen LogP contribution < -0.4 is 5.32 Å². The van der Waals surface area contributed by atoms with Crippen molar-refractivity contribution in [1.82, 2.24) is 15.5 Å². The molecule has 20 heavy (non-hydrogen) atoms. The summed E-state index contributed by atoms with van der Waals surface area (Å²) in [4.78, 5) is 5.81. The lowest BCUT2D eigenvalue weighted by atomic mass is 10.0. The highest BCUT2D eigenvalue weighted by molar-refractivity contribution is 7.99. The van der Waals surface area contributed by atoms with Crippen LogP contribution in [0.3, 0.4) is 0 Å². The maximum atomic E-state index is 5.42. The van der Waals surface area contributed by atoms with Crippen molar-refractivity contribution in [3.63, 3.8) is 0 Å². The van der Waals surface area contributed by atoms with E-state index in [0.717, 1.165) is 24.3 Å². The highest BCUT2D eigenvalue weighted by Gasteiger charge is 2.29. The topological polar surface area (TPSA) is 51.0 Å². The summed E-state index contributed by atoms with van der Waals surface area (Å²) in [6.07, 6.45) is 1.16. The van der Waals surface area contributed by atoms with Crippen molar-refractivity contribution in [2.24, 2.45) is 5.92 Å². The molecule has 5 heteroatoms. The van der Waals surface area contributed by atoms with Crippen molar-refractivity contribution < 1.29 is 4.52 Å². The van der Waals surface area contributed by atoms with Crippen LogP contribution in [0.1, 0.15) is 32.2 Å². The van der Waals surface area contributed by atoms with Crippen LogP contribution in [0.5, 0.6) is 0 Å². The lowest BCUT2D eigenvalue weighted by Crippen LogP contribution is -2.16. The minimum absolute atomic E-state index is 0.200. The van der Waals surface area contributed by atoms with E-state index in [0.29, 0.717) is 17.6 Å². The Morgan fingerprint density at radius 2 is 2.15 bits per heavy atom. The Hall–Kier alpha value is -1.33. The van der Waals surface area contributed by atoms with E-state index in [1.165, 1.54) is 4.90 Å². The van der Waals surface area contributed by atoms with E-state index >= 15 is 0 Å². The number of hydrogen-bond donors (Lipinski definition) is 1. The SMILES string of the molecule is CCSc1ccc(-c2noc(C3NCCC3C)n2)cc1. The Kier molecular flexibility index (Phi) is 4.08. The van der Waals surface area contributed by atoms with Gasteiger partial charge in [0.05, 0.1) is 6.04 Å². The Labute approximate surface area is 123 Å². The first kappa shape index (κ1) is 13.6. The smallest absolute Gasteiger partial charge is 0.244 e. The largest absolute Gasteiger partial charge is 0.337 e. The lowest BCUT2D eigenvalue weighted by molar-refractivity contribution is 0.319. The first-order valence-corrected chi connectivity index (χ1v) is 8.06. The lowest BCUT2D eigenvalue weighted by Gasteiger charge is -2.09. The van der Waals surface area contributed by atoms with E-state index in [1.54, 1.807) is 0 Å². The molecule has 0 amide bonds. The van der Waals surface area contributed by atoms with Crippen molar-refractivity contribution in [2.45, 2.75) is 31.2 Å². The fourth-order valence-corrected chi connectivity index (χ4v) is 3.17. The molecule has 0 radical (unpaired) electrons. The Balaban J connectivity index is 1.79. The molecule has 2 heterocycles. The number of aromatic nitrogens is 2. The highest BCUT2D eigenvalue weighted by Crippen LogP contribution is 2.29. The van der Waals surface area contributed by atoms with Crippen LogP contribution in [0.4, 0.5) is 0 Å². The predicted octanol–water partition coefficient (Wildman–Crippen LogP) is 3.52. The average Bonchev–Trinajstić information content (AvgIpc) is 3.08. The molecule has 0 aliphatic carbocycles. The number of benzene rings is 1. The van der Waals surface area contributed by atoms with Gasteiger partial charge in [0.2, 0.25) is 11.7 Å². The third-order valence-corrected chi connectivity index (χ3v) is 4.56. The van der Waals surface area contributed by atoms with Crippen LogP contribution in [0.25, 0.3) is 11.4 Å². The second kappa shape index (κ2) is 5.97. The molecule has 1 saturated heterocycles. The first-order chi connectivity index (χ1) is 9.78. The van der Waals surface area contributed by atoms with Gasteiger partial charge in [-0.15, -0.1) is 11.8 Å². The third kappa shape index (κ3) is 2.74. The maximum Gasteiger partial charge on any atom is 0.244 e. The van der Waals surface area contributed by atoms with Crippen molar-refractivity contribution in [1.29, 1.82) is 0 Å². The molecule has 4 nitrogen and oxygen atoms in total. The fourth-order valence-electron chi connectivity index (χ4n) is 2.51. The van der Waals surface area contributed by atoms with Gasteiger partial charge >= 0.3 is 0 Å². The molecule has 1 aromatic heterocycles. The minimum atomic E-state index is 0.200. The zero-order valence-electron chi connectivity index (χ0n) is 11.8. The molecule has 1 N–H and O–H groups in total. The van der Waals surface area contributed by atoms with Gasteiger partial charge in [-0.3, -0.25) is 0 Å². The molecular formula is C15H19N3OS. The number of thioether (sulfide) groups is 1. The van der Waals surface area contributed by atoms with Gasteiger partial charge in [-0.05, 0) is 48.9 Å². The summed E-state index contributed by atoms with van der Waals surface area (Å²) in [6, 6.07) is 8.52. The molecule has 2 unspecified atom stereocenters. The van der Waals surface area contributed by atoms with Gasteiger partial charge in [-0.25, -0.2) is 0 Å². The Morgan fingerprint density at radius 3 is 2.80 bits per heavy atom. The zero-order valence-corrected chi connectivity index (χ0v) is 12.6. The first-order valence-electron chi connectivity index (χ1n) is 7.08. The quantitative estimate of drug-likeness (QED) is 0.873. The van der Waals surface area contributed by atoms with Crippen LogP contribution >= 0.6 is 11.8 Å². The van der Waals surface area contributed by atoms with Crippen LogP contribution in [-0.4, -0.2) is 22.4 Å². The summed E-state index contributed by atoms with van der Waals surface area (Å²) in [5, 5.41) is 7.52. The Morgan fingerprint density at radius 1 is 1.35 bits per heavy atom. The standard InChI is InChI=1S/C15H19N3OS/c1-3-20-12-6-4-11(5-7-12)14-17-15(19-18-14)13-10(2)8-9-16-13/h4-7,10,13,16H,3,8-9H2,1-2H3. The van der Waals surface area contributed by atoms with Gasteiger partial charge in [0.1, 0.15) is 0 Å². The minimum Gasteiger partial charge on any atom is -0.337 e. The molecule has 0 saturated carbocycles. The summed E-state index contributed by atoms with van der Waals surface area (Å²) < 4.78 is 5.42.